The summed E-state index contributed by atoms with van der Waals surface area (Å²) in [5, 5.41) is 5.16. The first-order valence-electron chi connectivity index (χ1n) is 15.5. The van der Waals surface area contributed by atoms with E-state index < -0.39 is 29.2 Å². The van der Waals surface area contributed by atoms with Gasteiger partial charge in [-0.2, -0.15) is 6.42 Å². The average molecular weight is 803 g/mol. The molecule has 14 nitrogen and oxygen atoms in total. The number of ether oxygens (including phenoxy) is 4. The van der Waals surface area contributed by atoms with E-state index in [1.807, 2.05) is 6.55 Å². The summed E-state index contributed by atoms with van der Waals surface area (Å²) in [6.45, 7) is 23.7. The maximum Gasteiger partial charge on any atom is 0.407 e. The van der Waals surface area contributed by atoms with Crippen LogP contribution in [-0.2, 0) is 66.0 Å². The molecule has 0 fully saturated rings. The number of rotatable bonds is 25. The van der Waals surface area contributed by atoms with E-state index in [0.717, 1.165) is 25.3 Å². The van der Waals surface area contributed by atoms with E-state index in [1.54, 1.807) is 13.8 Å². The fourth-order valence-corrected chi connectivity index (χ4v) is 6.83. The molecule has 0 saturated carbocycles. The van der Waals surface area contributed by atoms with Crippen molar-refractivity contribution in [2.45, 2.75) is 90.1 Å². The molecule has 0 aromatic carbocycles. The molecule has 283 valence electrons. The molecular formula is C31H65N2O12Si2Y-. The van der Waals surface area contributed by atoms with Gasteiger partial charge in [-0.25, -0.2) is 9.59 Å². The Morgan fingerprint density at radius 3 is 1.92 bits per heavy atom. The van der Waals surface area contributed by atoms with Crippen LogP contribution in [-0.4, -0.2) is 115 Å². The van der Waals surface area contributed by atoms with Crippen LogP contribution in [0.2, 0.25) is 37.8 Å². The van der Waals surface area contributed by atoms with Crippen molar-refractivity contribution in [1.29, 1.82) is 0 Å². The van der Waals surface area contributed by atoms with E-state index in [2.05, 4.69) is 43.8 Å². The van der Waals surface area contributed by atoms with Gasteiger partial charge in [0.25, 0.3) is 0 Å². The first-order valence-corrected chi connectivity index (χ1v) is 21.4. The maximum absolute atomic E-state index is 11.4. The Hall–Kier alpha value is -1.34. The molecule has 0 bridgehead atoms. The number of nitrogens with one attached hydrogen (secondary N) is 2. The van der Waals surface area contributed by atoms with Gasteiger partial charge in [-0.3, -0.25) is 9.59 Å². The summed E-state index contributed by atoms with van der Waals surface area (Å²) in [5.41, 5.74) is 0.840. The molecule has 0 aliphatic rings. The van der Waals surface area contributed by atoms with Gasteiger partial charge in [-0.05, 0) is 44.9 Å². The van der Waals surface area contributed by atoms with E-state index >= 15 is 0 Å². The number of unbranched alkanes of at least 4 members (excludes halogenated alkanes) is 1. The normalized spacial score (nSPS) is 10.5. The van der Waals surface area contributed by atoms with Gasteiger partial charge >= 0.3 is 12.1 Å². The monoisotopic (exact) mass is 802 g/mol. The van der Waals surface area contributed by atoms with Gasteiger partial charge in [0, 0.05) is 79.0 Å². The van der Waals surface area contributed by atoms with Gasteiger partial charge in [0.2, 0.25) is 5.91 Å². The van der Waals surface area contributed by atoms with Crippen molar-refractivity contribution in [3.05, 3.63) is 31.2 Å². The predicted molar refractivity (Wildman–Crippen MR) is 191 cm³/mol. The molecule has 0 aromatic rings. The molecule has 0 saturated heterocycles. The van der Waals surface area contributed by atoms with Gasteiger partial charge in [-0.15, -0.1) is 0 Å². The van der Waals surface area contributed by atoms with Gasteiger partial charge in [-0.1, -0.05) is 44.8 Å². The van der Waals surface area contributed by atoms with Crippen LogP contribution in [0.3, 0.4) is 0 Å². The van der Waals surface area contributed by atoms with Crippen molar-refractivity contribution < 1.29 is 92.1 Å². The Balaban J connectivity index is -0.000000175. The fraction of sp³-hybridized carbons (Fsp3) is 0.710. The number of carbonyl (C=O) groups is 4. The van der Waals surface area contributed by atoms with Crippen molar-refractivity contribution in [3.63, 3.8) is 0 Å². The molecule has 17 heteroatoms. The molecule has 0 aromatic heterocycles. The van der Waals surface area contributed by atoms with E-state index in [-0.39, 0.29) is 80.6 Å². The summed E-state index contributed by atoms with van der Waals surface area (Å²) in [5.74, 6) is -0.612. The number of esters is 1. The van der Waals surface area contributed by atoms with Crippen molar-refractivity contribution in [3.8, 4) is 0 Å². The third kappa shape index (κ3) is 42.7. The van der Waals surface area contributed by atoms with Gasteiger partial charge in [0.15, 0.2) is 14.8 Å². The van der Waals surface area contributed by atoms with Crippen molar-refractivity contribution >= 4 is 40.9 Å². The van der Waals surface area contributed by atoms with E-state index in [4.69, 9.17) is 23.7 Å². The summed E-state index contributed by atoms with van der Waals surface area (Å²) in [4.78, 5) is 54.3. The average Bonchev–Trinajstić information content (AvgIpc) is 2.95. The molecule has 2 amide bonds. The molecule has 0 spiro atoms. The first kappa shape index (κ1) is 58.8. The van der Waals surface area contributed by atoms with Crippen LogP contribution in [0.4, 0.5) is 4.79 Å². The fourth-order valence-electron chi connectivity index (χ4n) is 3.51. The Kier molecular flexibility index (Phi) is 47.1. The standard InChI is InChI=1S/C18H34NO5Si.C13H25NO4Si.3H2O.Y/c1-6-7-14-25(4,5)15-8-10-22-12-13-24-18(21)19-9-11-23-17(20)16(2)3;1-11(2)12(15)5-7-14-13(16)6-9-18-8-4-10-19(3)17;;;;/h1-2,6-15H2,3-5H3,(H,19,21);17,19H,1,4-10H2,2-3H3,(H,14,16);3*1H2;/q-1;;;;;. The third-order valence-corrected chi connectivity index (χ3v) is 10.9. The minimum Gasteiger partial charge on any atom is -0.460 e. The third-order valence-electron chi connectivity index (χ3n) is 6.19. The first-order chi connectivity index (χ1) is 20.7. The quantitative estimate of drug-likeness (QED) is 0.0401. The molecule has 9 N–H and O–H groups in total. The molecule has 0 aliphatic carbocycles. The summed E-state index contributed by atoms with van der Waals surface area (Å²) < 4.78 is 20.6. The topological polar surface area (TPSA) is 244 Å². The summed E-state index contributed by atoms with van der Waals surface area (Å²) in [6, 6.07) is 3.41. The van der Waals surface area contributed by atoms with Crippen LogP contribution in [0.5, 0.6) is 0 Å². The zero-order valence-electron chi connectivity index (χ0n) is 30.0. The number of carbonyl (C=O) groups excluding carboxylic acids is 4. The number of allylic oxidation sites excluding steroid dienone is 1. The number of Topliss-reactive ketones (excluding diaryl/α,β-unsaturated/α-hetero) is 1. The molecule has 0 aliphatic heterocycles. The zero-order valence-corrected chi connectivity index (χ0v) is 35.0. The smallest absolute Gasteiger partial charge is 0.407 e. The maximum atomic E-state index is 11.4. The minimum atomic E-state index is -1.47. The van der Waals surface area contributed by atoms with Crippen molar-refractivity contribution in [2.75, 3.05) is 52.7 Å². The number of hydrogen-bond acceptors (Lipinski definition) is 9. The molecule has 1 unspecified atom stereocenters. The zero-order chi connectivity index (χ0) is 33.8. The summed E-state index contributed by atoms with van der Waals surface area (Å²) in [6.07, 6.45) is 4.18. The van der Waals surface area contributed by atoms with Crippen LogP contribution < -0.4 is 10.6 Å². The SMILES string of the molecule is C=C(C)C(=O)CCNC(=O)CCOCCC[SiH](C)O.C=C(C)C(=O)OCCNC(=O)OCCOCCC[Si](C)(C)CCC[CH2-].O.O.O.[Y]. The Labute approximate surface area is 316 Å². The van der Waals surface area contributed by atoms with E-state index in [0.29, 0.717) is 57.0 Å². The van der Waals surface area contributed by atoms with E-state index in [9.17, 15) is 19.2 Å². The van der Waals surface area contributed by atoms with Gasteiger partial charge in [0.1, 0.15) is 13.2 Å². The van der Waals surface area contributed by atoms with Crippen LogP contribution in [0, 0.1) is 6.92 Å². The number of alkyl carbamates (subject to hydrolysis) is 1. The minimum absolute atomic E-state index is 0. The van der Waals surface area contributed by atoms with Crippen LogP contribution in [0.15, 0.2) is 24.3 Å². The van der Waals surface area contributed by atoms with Crippen molar-refractivity contribution in [2.24, 2.45) is 0 Å². The van der Waals surface area contributed by atoms with E-state index in [1.165, 1.54) is 18.5 Å². The van der Waals surface area contributed by atoms with Crippen LogP contribution in [0.1, 0.15) is 52.4 Å². The molecular weight excluding hydrogens is 737 g/mol. The Morgan fingerprint density at radius 2 is 1.35 bits per heavy atom. The number of hydrogen-bond donors (Lipinski definition) is 3. The molecule has 0 rings (SSSR count). The molecule has 1 atom stereocenters. The summed E-state index contributed by atoms with van der Waals surface area (Å²) >= 11 is 0. The molecule has 48 heavy (non-hydrogen) atoms. The van der Waals surface area contributed by atoms with Crippen molar-refractivity contribution in [1.82, 2.24) is 10.6 Å². The van der Waals surface area contributed by atoms with Crippen LogP contribution in [0.25, 0.3) is 0 Å². The Morgan fingerprint density at radius 1 is 0.771 bits per heavy atom. The van der Waals surface area contributed by atoms with Gasteiger partial charge in [0.05, 0.1) is 19.8 Å². The van der Waals surface area contributed by atoms with Gasteiger partial charge < -0.3 is 57.7 Å². The predicted octanol–water partition coefficient (Wildman–Crippen LogP) is 1.87. The molecule has 1 radical (unpaired) electrons. The summed E-state index contributed by atoms with van der Waals surface area (Å²) in [7, 11) is -2.58. The number of ketones is 1. The second kappa shape index (κ2) is 38.5. The number of amides is 2. The molecule has 0 heterocycles. The van der Waals surface area contributed by atoms with Crippen LogP contribution >= 0.6 is 0 Å². The largest absolute Gasteiger partial charge is 0.460 e. The second-order valence-electron chi connectivity index (χ2n) is 11.5. The Bertz CT molecular complexity index is 865. The second-order valence-corrected chi connectivity index (χ2v) is 19.1.